The number of rotatable bonds is 4. The molecular weight excluding hydrogens is 312 g/mol. The maximum atomic E-state index is 12.5. The van der Waals surface area contributed by atoms with Crippen LogP contribution >= 0.6 is 0 Å². The smallest absolute Gasteiger partial charge is 0.242 e. The normalized spacial score (nSPS) is 22.1. The molecular formula is C17H22N2O3S. The van der Waals surface area contributed by atoms with Crippen molar-refractivity contribution in [3.63, 3.8) is 0 Å². The predicted molar refractivity (Wildman–Crippen MR) is 89.5 cm³/mol. The van der Waals surface area contributed by atoms with Crippen LogP contribution in [-0.4, -0.2) is 37.5 Å². The number of sulfonamides is 1. The molecule has 0 unspecified atom stereocenters. The molecule has 5 nitrogen and oxygen atoms in total. The van der Waals surface area contributed by atoms with Crippen LogP contribution in [0.4, 0.5) is 0 Å². The molecule has 2 atom stereocenters. The third-order valence-corrected chi connectivity index (χ3v) is 5.82. The van der Waals surface area contributed by atoms with Gasteiger partial charge in [-0.25, -0.2) is 8.42 Å². The largest absolute Gasteiger partial charge is 0.348 e. The fraction of sp³-hybridized carbons (Fsp3) is 0.471. The number of hydrogen-bond acceptors (Lipinski definition) is 3. The Bertz CT molecular complexity index is 755. The molecule has 2 aliphatic rings. The molecule has 23 heavy (non-hydrogen) atoms. The van der Waals surface area contributed by atoms with Crippen molar-refractivity contribution in [3.8, 4) is 0 Å². The Balaban J connectivity index is 1.71. The molecule has 0 bridgehead atoms. The van der Waals surface area contributed by atoms with Gasteiger partial charge in [0, 0.05) is 6.54 Å². The summed E-state index contributed by atoms with van der Waals surface area (Å²) in [5.74, 6) is -0.280. The van der Waals surface area contributed by atoms with E-state index in [4.69, 9.17) is 0 Å². The van der Waals surface area contributed by atoms with Crippen molar-refractivity contribution in [1.29, 1.82) is 0 Å². The highest BCUT2D eigenvalue weighted by molar-refractivity contribution is 7.88. The number of carbonyl (C=O) groups is 1. The van der Waals surface area contributed by atoms with Gasteiger partial charge >= 0.3 is 0 Å². The molecule has 3 rings (SSSR count). The van der Waals surface area contributed by atoms with Crippen LogP contribution in [0.15, 0.2) is 30.4 Å². The molecule has 1 aliphatic heterocycles. The van der Waals surface area contributed by atoms with Gasteiger partial charge in [-0.2, -0.15) is 4.31 Å². The maximum absolute atomic E-state index is 12.5. The summed E-state index contributed by atoms with van der Waals surface area (Å²) >= 11 is 0. The Morgan fingerprint density at radius 2 is 2.04 bits per heavy atom. The first kappa shape index (κ1) is 16.2. The van der Waals surface area contributed by atoms with E-state index in [0.717, 1.165) is 24.7 Å². The Morgan fingerprint density at radius 3 is 2.78 bits per heavy atom. The summed E-state index contributed by atoms with van der Waals surface area (Å²) in [6, 6.07) is 5.45. The van der Waals surface area contributed by atoms with Gasteiger partial charge in [0.2, 0.25) is 15.9 Å². The molecule has 1 heterocycles. The van der Waals surface area contributed by atoms with Crippen LogP contribution in [0, 0.1) is 0 Å². The van der Waals surface area contributed by atoms with E-state index in [0.29, 0.717) is 0 Å². The lowest BCUT2D eigenvalue weighted by molar-refractivity contribution is -0.123. The number of aryl methyl sites for hydroxylation is 2. The number of carbonyl (C=O) groups excluding carboxylic acids is 1. The molecule has 124 valence electrons. The van der Waals surface area contributed by atoms with Crippen LogP contribution in [0.3, 0.4) is 0 Å². The van der Waals surface area contributed by atoms with Crippen LogP contribution in [0.2, 0.25) is 0 Å². The average molecular weight is 334 g/mol. The lowest BCUT2D eigenvalue weighted by Gasteiger charge is -2.23. The van der Waals surface area contributed by atoms with Gasteiger partial charge in [-0.15, -0.1) is 0 Å². The fourth-order valence-electron chi connectivity index (χ4n) is 3.31. The summed E-state index contributed by atoms with van der Waals surface area (Å²) in [6.45, 7) is 2.18. The van der Waals surface area contributed by atoms with E-state index in [2.05, 4.69) is 17.4 Å². The van der Waals surface area contributed by atoms with E-state index in [1.807, 2.05) is 13.0 Å². The lowest BCUT2D eigenvalue weighted by Crippen LogP contribution is -2.46. The average Bonchev–Trinajstić information content (AvgIpc) is 3.14. The molecule has 1 aromatic rings. The standard InChI is InChI=1S/C17H22N2O3S/c1-12(14-9-8-13-5-3-6-15(13)11-14)18-17(20)16-7-4-10-19(16)23(2,21)22/h4,7-9,11-12,16H,3,5-6,10H2,1-2H3,(H,18,20)/t12-,16+/m1/s1. The number of benzene rings is 1. The highest BCUT2D eigenvalue weighted by Crippen LogP contribution is 2.25. The molecule has 0 saturated carbocycles. The number of nitrogens with zero attached hydrogens (tertiary/aromatic N) is 1. The topological polar surface area (TPSA) is 66.5 Å². The zero-order chi connectivity index (χ0) is 16.6. The summed E-state index contributed by atoms with van der Waals surface area (Å²) in [5, 5.41) is 2.94. The monoisotopic (exact) mass is 334 g/mol. The van der Waals surface area contributed by atoms with Gasteiger partial charge in [0.05, 0.1) is 12.3 Å². The molecule has 0 aromatic heterocycles. The van der Waals surface area contributed by atoms with Crippen molar-refractivity contribution in [1.82, 2.24) is 9.62 Å². The Kier molecular flexibility index (Phi) is 4.29. The second-order valence-electron chi connectivity index (χ2n) is 6.32. The zero-order valence-electron chi connectivity index (χ0n) is 13.5. The van der Waals surface area contributed by atoms with Crippen molar-refractivity contribution in [2.75, 3.05) is 12.8 Å². The van der Waals surface area contributed by atoms with Crippen LogP contribution in [0.25, 0.3) is 0 Å². The van der Waals surface area contributed by atoms with Gasteiger partial charge in [-0.05, 0) is 42.9 Å². The van der Waals surface area contributed by atoms with Crippen molar-refractivity contribution in [2.45, 2.75) is 38.3 Å². The Labute approximate surface area is 137 Å². The molecule has 6 heteroatoms. The van der Waals surface area contributed by atoms with Crippen molar-refractivity contribution in [2.24, 2.45) is 0 Å². The molecule has 0 radical (unpaired) electrons. The quantitative estimate of drug-likeness (QED) is 0.850. The van der Waals surface area contributed by atoms with E-state index < -0.39 is 16.1 Å². The minimum absolute atomic E-state index is 0.149. The fourth-order valence-corrected chi connectivity index (χ4v) is 4.24. The summed E-state index contributed by atoms with van der Waals surface area (Å²) in [6.07, 6.45) is 7.90. The predicted octanol–water partition coefficient (Wildman–Crippen LogP) is 1.55. The second-order valence-corrected chi connectivity index (χ2v) is 8.25. The summed E-state index contributed by atoms with van der Waals surface area (Å²) in [5.41, 5.74) is 3.82. The third kappa shape index (κ3) is 3.33. The first-order chi connectivity index (χ1) is 10.9. The number of fused-ring (bicyclic) bond motifs is 1. The Hall–Kier alpha value is -1.66. The van der Waals surface area contributed by atoms with E-state index in [-0.39, 0.29) is 18.5 Å². The van der Waals surface area contributed by atoms with Gasteiger partial charge in [0.25, 0.3) is 0 Å². The number of hydrogen-bond donors (Lipinski definition) is 1. The molecule has 0 saturated heterocycles. The molecule has 0 spiro atoms. The van der Waals surface area contributed by atoms with E-state index in [1.165, 1.54) is 21.9 Å². The van der Waals surface area contributed by atoms with Gasteiger partial charge in [-0.3, -0.25) is 4.79 Å². The summed E-state index contributed by atoms with van der Waals surface area (Å²) in [4.78, 5) is 12.5. The van der Waals surface area contributed by atoms with Crippen molar-refractivity contribution >= 4 is 15.9 Å². The SMILES string of the molecule is C[C@@H](NC(=O)[C@@H]1C=CCN1S(C)(=O)=O)c1ccc2c(c1)CCC2. The highest BCUT2D eigenvalue weighted by atomic mass is 32.2. The summed E-state index contributed by atoms with van der Waals surface area (Å²) in [7, 11) is -3.40. The van der Waals surface area contributed by atoms with E-state index in [1.54, 1.807) is 12.2 Å². The van der Waals surface area contributed by atoms with Gasteiger partial charge in [0.15, 0.2) is 0 Å². The van der Waals surface area contributed by atoms with Crippen LogP contribution in [0.5, 0.6) is 0 Å². The molecule has 1 amide bonds. The third-order valence-electron chi connectivity index (χ3n) is 4.59. The second kappa shape index (κ2) is 6.09. The zero-order valence-corrected chi connectivity index (χ0v) is 14.3. The lowest BCUT2D eigenvalue weighted by atomic mass is 10.0. The molecule has 1 aromatic carbocycles. The van der Waals surface area contributed by atoms with Gasteiger partial charge in [-0.1, -0.05) is 30.4 Å². The van der Waals surface area contributed by atoms with E-state index in [9.17, 15) is 13.2 Å². The minimum atomic E-state index is -3.40. The van der Waals surface area contributed by atoms with Gasteiger partial charge < -0.3 is 5.32 Å². The molecule has 1 aliphatic carbocycles. The van der Waals surface area contributed by atoms with Crippen molar-refractivity contribution < 1.29 is 13.2 Å². The molecule has 0 fully saturated rings. The summed E-state index contributed by atoms with van der Waals surface area (Å²) < 4.78 is 24.7. The first-order valence-electron chi connectivity index (χ1n) is 7.92. The minimum Gasteiger partial charge on any atom is -0.348 e. The number of amides is 1. The van der Waals surface area contributed by atoms with Crippen LogP contribution < -0.4 is 5.32 Å². The number of nitrogens with one attached hydrogen (secondary N) is 1. The highest BCUT2D eigenvalue weighted by Gasteiger charge is 2.33. The first-order valence-corrected chi connectivity index (χ1v) is 9.76. The van der Waals surface area contributed by atoms with Crippen LogP contribution in [-0.2, 0) is 27.7 Å². The Morgan fingerprint density at radius 1 is 1.30 bits per heavy atom. The maximum Gasteiger partial charge on any atom is 0.242 e. The van der Waals surface area contributed by atoms with Crippen LogP contribution in [0.1, 0.15) is 36.1 Å². The van der Waals surface area contributed by atoms with E-state index >= 15 is 0 Å². The molecule has 1 N–H and O–H groups in total. The van der Waals surface area contributed by atoms with Crippen molar-refractivity contribution in [3.05, 3.63) is 47.0 Å². The van der Waals surface area contributed by atoms with Gasteiger partial charge in [0.1, 0.15) is 6.04 Å².